The molecular weight excluding hydrogens is 328 g/mol. The Bertz CT molecular complexity index is 719. The minimum atomic E-state index is -0.323. The van der Waals surface area contributed by atoms with Gasteiger partial charge in [-0.3, -0.25) is 4.79 Å². The Hall–Kier alpha value is -2.82. The fraction of sp³-hybridized carbons (Fsp3) is 0.333. The zero-order valence-electron chi connectivity index (χ0n) is 14.8. The number of nitrogens with one attached hydrogen (secondary N) is 1. The highest BCUT2D eigenvalue weighted by Gasteiger charge is 2.25. The fourth-order valence-corrected chi connectivity index (χ4v) is 3.13. The first-order chi connectivity index (χ1) is 12.7. The Morgan fingerprint density at radius 2 is 1.65 bits per heavy atom. The summed E-state index contributed by atoms with van der Waals surface area (Å²) in [6, 6.07) is 19.3. The van der Waals surface area contributed by atoms with E-state index in [1.54, 1.807) is 4.90 Å². The minimum Gasteiger partial charge on any atom is -0.445 e. The second kappa shape index (κ2) is 9.04. The van der Waals surface area contributed by atoms with Gasteiger partial charge >= 0.3 is 6.09 Å². The maximum atomic E-state index is 12.3. The van der Waals surface area contributed by atoms with Crippen LogP contribution >= 0.6 is 0 Å². The van der Waals surface area contributed by atoms with Gasteiger partial charge in [0.1, 0.15) is 6.61 Å². The standard InChI is InChI=1S/C21H24N2O3/c24-20(14-17-8-3-1-4-9-17)22-19-12-7-13-23(15-19)21(25)26-16-18-10-5-2-6-11-18/h1-6,8-11,19H,7,12-16H2,(H,22,24). The molecule has 26 heavy (non-hydrogen) atoms. The molecule has 136 valence electrons. The molecule has 2 amide bonds. The molecule has 0 bridgehead atoms. The molecule has 1 aliphatic rings. The van der Waals surface area contributed by atoms with Gasteiger partial charge < -0.3 is 15.0 Å². The number of rotatable bonds is 5. The first-order valence-corrected chi connectivity index (χ1v) is 8.99. The zero-order chi connectivity index (χ0) is 18.2. The summed E-state index contributed by atoms with van der Waals surface area (Å²) in [5.41, 5.74) is 1.95. The Kier molecular flexibility index (Phi) is 6.25. The summed E-state index contributed by atoms with van der Waals surface area (Å²) in [5, 5.41) is 3.04. The van der Waals surface area contributed by atoms with Gasteiger partial charge in [0.25, 0.3) is 0 Å². The number of carbonyl (C=O) groups is 2. The number of nitrogens with zero attached hydrogens (tertiary/aromatic N) is 1. The summed E-state index contributed by atoms with van der Waals surface area (Å²) in [6.45, 7) is 1.42. The highest BCUT2D eigenvalue weighted by atomic mass is 16.6. The molecule has 0 aliphatic carbocycles. The van der Waals surface area contributed by atoms with Crippen LogP contribution < -0.4 is 5.32 Å². The van der Waals surface area contributed by atoms with Crippen molar-refractivity contribution in [2.24, 2.45) is 0 Å². The Balaban J connectivity index is 1.46. The predicted octanol–water partition coefficient (Wildman–Crippen LogP) is 3.15. The molecule has 1 unspecified atom stereocenters. The van der Waals surface area contributed by atoms with Crippen molar-refractivity contribution < 1.29 is 14.3 Å². The van der Waals surface area contributed by atoms with E-state index < -0.39 is 0 Å². The van der Waals surface area contributed by atoms with E-state index in [0.29, 0.717) is 19.5 Å². The van der Waals surface area contributed by atoms with Crippen LogP contribution in [0.15, 0.2) is 60.7 Å². The minimum absolute atomic E-state index is 0.0132. The zero-order valence-corrected chi connectivity index (χ0v) is 14.8. The van der Waals surface area contributed by atoms with Crippen molar-refractivity contribution in [3.63, 3.8) is 0 Å². The van der Waals surface area contributed by atoms with Crippen molar-refractivity contribution >= 4 is 12.0 Å². The van der Waals surface area contributed by atoms with Gasteiger partial charge in [0, 0.05) is 19.1 Å². The molecule has 3 rings (SSSR count). The van der Waals surface area contributed by atoms with Crippen LogP contribution in [-0.4, -0.2) is 36.0 Å². The van der Waals surface area contributed by atoms with Crippen LogP contribution in [0.2, 0.25) is 0 Å². The molecule has 1 N–H and O–H groups in total. The number of carbonyl (C=O) groups excluding carboxylic acids is 2. The molecule has 2 aromatic rings. The average molecular weight is 352 g/mol. The van der Waals surface area contributed by atoms with Gasteiger partial charge in [0.05, 0.1) is 6.42 Å². The molecule has 0 saturated carbocycles. The van der Waals surface area contributed by atoms with Gasteiger partial charge in [-0.05, 0) is 24.0 Å². The molecule has 2 aromatic carbocycles. The van der Waals surface area contributed by atoms with Gasteiger partial charge in [-0.2, -0.15) is 0 Å². The van der Waals surface area contributed by atoms with Gasteiger partial charge in [-0.25, -0.2) is 4.79 Å². The summed E-state index contributed by atoms with van der Waals surface area (Å²) in [7, 11) is 0. The summed E-state index contributed by atoms with van der Waals surface area (Å²) < 4.78 is 5.39. The van der Waals surface area contributed by atoms with E-state index in [9.17, 15) is 9.59 Å². The number of hydrogen-bond acceptors (Lipinski definition) is 3. The predicted molar refractivity (Wildman–Crippen MR) is 99.5 cm³/mol. The van der Waals surface area contributed by atoms with Crippen molar-refractivity contribution in [3.05, 3.63) is 71.8 Å². The lowest BCUT2D eigenvalue weighted by molar-refractivity contribution is -0.121. The lowest BCUT2D eigenvalue weighted by Gasteiger charge is -2.32. The highest BCUT2D eigenvalue weighted by Crippen LogP contribution is 2.13. The molecule has 0 aromatic heterocycles. The van der Waals surface area contributed by atoms with Crippen molar-refractivity contribution in [2.45, 2.75) is 31.9 Å². The van der Waals surface area contributed by atoms with E-state index in [2.05, 4.69) is 5.32 Å². The van der Waals surface area contributed by atoms with Crippen molar-refractivity contribution in [2.75, 3.05) is 13.1 Å². The summed E-state index contributed by atoms with van der Waals surface area (Å²) >= 11 is 0. The fourth-order valence-electron chi connectivity index (χ4n) is 3.13. The average Bonchev–Trinajstić information content (AvgIpc) is 2.68. The number of amides is 2. The third-order valence-corrected chi connectivity index (χ3v) is 4.46. The van der Waals surface area contributed by atoms with Gasteiger partial charge in [-0.1, -0.05) is 60.7 Å². The molecule has 1 saturated heterocycles. The molecule has 5 heteroatoms. The summed E-state index contributed by atoms with van der Waals surface area (Å²) in [4.78, 5) is 26.2. The number of likely N-dealkylation sites (tertiary alicyclic amines) is 1. The van der Waals surface area contributed by atoms with Crippen LogP contribution in [0.1, 0.15) is 24.0 Å². The maximum Gasteiger partial charge on any atom is 0.410 e. The van der Waals surface area contributed by atoms with E-state index in [1.807, 2.05) is 60.7 Å². The SMILES string of the molecule is O=C(Cc1ccccc1)NC1CCCN(C(=O)OCc2ccccc2)C1. The van der Waals surface area contributed by atoms with Crippen LogP contribution in [-0.2, 0) is 22.6 Å². The molecule has 0 radical (unpaired) electrons. The molecule has 0 spiro atoms. The van der Waals surface area contributed by atoms with Crippen molar-refractivity contribution in [3.8, 4) is 0 Å². The van der Waals surface area contributed by atoms with E-state index in [1.165, 1.54) is 0 Å². The second-order valence-corrected chi connectivity index (χ2v) is 6.56. The lowest BCUT2D eigenvalue weighted by atomic mass is 10.1. The molecule has 5 nitrogen and oxygen atoms in total. The summed E-state index contributed by atoms with van der Waals surface area (Å²) in [5.74, 6) is -0.0132. The lowest BCUT2D eigenvalue weighted by Crippen LogP contribution is -2.50. The molecule has 1 atom stereocenters. The Morgan fingerprint density at radius 3 is 2.35 bits per heavy atom. The van der Waals surface area contributed by atoms with E-state index in [4.69, 9.17) is 4.74 Å². The monoisotopic (exact) mass is 352 g/mol. The van der Waals surface area contributed by atoms with Crippen molar-refractivity contribution in [1.82, 2.24) is 10.2 Å². The Labute approximate surface area is 154 Å². The first-order valence-electron chi connectivity index (χ1n) is 8.99. The van der Waals surface area contributed by atoms with Crippen LogP contribution in [0.25, 0.3) is 0 Å². The normalized spacial score (nSPS) is 16.8. The van der Waals surface area contributed by atoms with E-state index in [-0.39, 0.29) is 24.6 Å². The first kappa shape index (κ1) is 18.0. The highest BCUT2D eigenvalue weighted by molar-refractivity contribution is 5.79. The number of piperidine rings is 1. The number of benzene rings is 2. The van der Waals surface area contributed by atoms with Crippen LogP contribution in [0.4, 0.5) is 4.79 Å². The number of ether oxygens (including phenoxy) is 1. The molecule has 1 heterocycles. The van der Waals surface area contributed by atoms with Crippen LogP contribution in [0.3, 0.4) is 0 Å². The van der Waals surface area contributed by atoms with E-state index in [0.717, 1.165) is 24.0 Å². The largest absolute Gasteiger partial charge is 0.445 e. The second-order valence-electron chi connectivity index (χ2n) is 6.56. The van der Waals surface area contributed by atoms with E-state index >= 15 is 0 Å². The summed E-state index contributed by atoms with van der Waals surface area (Å²) in [6.07, 6.45) is 1.77. The number of hydrogen-bond donors (Lipinski definition) is 1. The van der Waals surface area contributed by atoms with Crippen LogP contribution in [0, 0.1) is 0 Å². The molecule has 1 aliphatic heterocycles. The Morgan fingerprint density at radius 1 is 1.00 bits per heavy atom. The topological polar surface area (TPSA) is 58.6 Å². The molecular formula is C21H24N2O3. The van der Waals surface area contributed by atoms with Gasteiger partial charge in [0.15, 0.2) is 0 Å². The third kappa shape index (κ3) is 5.34. The maximum absolute atomic E-state index is 12.3. The quantitative estimate of drug-likeness (QED) is 0.899. The molecule has 1 fully saturated rings. The van der Waals surface area contributed by atoms with Crippen LogP contribution in [0.5, 0.6) is 0 Å². The smallest absolute Gasteiger partial charge is 0.410 e. The van der Waals surface area contributed by atoms with Gasteiger partial charge in [-0.15, -0.1) is 0 Å². The van der Waals surface area contributed by atoms with Crippen molar-refractivity contribution in [1.29, 1.82) is 0 Å². The third-order valence-electron chi connectivity index (χ3n) is 4.46. The van der Waals surface area contributed by atoms with Gasteiger partial charge in [0.2, 0.25) is 5.91 Å².